The molecule has 11 heteroatoms. The van der Waals surface area contributed by atoms with E-state index >= 15 is 0 Å². The third-order valence-corrected chi connectivity index (χ3v) is 5.32. The molecule has 1 atom stereocenters. The van der Waals surface area contributed by atoms with Crippen LogP contribution in [0.5, 0.6) is 11.5 Å². The first-order chi connectivity index (χ1) is 11.0. The molecule has 1 aliphatic heterocycles. The summed E-state index contributed by atoms with van der Waals surface area (Å²) in [5.74, 6) is -0.666. The van der Waals surface area contributed by atoms with Gasteiger partial charge >= 0.3 is 13.1 Å². The molecule has 0 amide bonds. The minimum Gasteiger partial charge on any atom is -0.534 e. The van der Waals surface area contributed by atoms with Gasteiger partial charge in [-0.15, -0.1) is 0 Å². The highest BCUT2D eigenvalue weighted by Gasteiger charge is 2.39. The van der Waals surface area contributed by atoms with Crippen LogP contribution in [0.25, 0.3) is 0 Å². The lowest BCUT2D eigenvalue weighted by atomic mass is 9.77. The van der Waals surface area contributed by atoms with Crippen LogP contribution in [0, 0.1) is 0 Å². The van der Waals surface area contributed by atoms with E-state index in [0.717, 1.165) is 11.5 Å². The Bertz CT molecular complexity index is 756. The van der Waals surface area contributed by atoms with Gasteiger partial charge in [-0.3, -0.25) is 0 Å². The van der Waals surface area contributed by atoms with Crippen LogP contribution in [0.1, 0.15) is 15.9 Å². The number of carboxylic acids is 1. The van der Waals surface area contributed by atoms with Gasteiger partial charge in [0, 0.05) is 0 Å². The second-order valence-electron chi connectivity index (χ2n) is 4.72. The molecule has 0 spiro atoms. The summed E-state index contributed by atoms with van der Waals surface area (Å²) in [4.78, 5) is 15.5. The smallest absolute Gasteiger partial charge is 0.534 e. The zero-order valence-electron chi connectivity index (χ0n) is 11.9. The number of nitrogens with zero attached hydrogens (tertiary/aromatic N) is 2. The summed E-state index contributed by atoms with van der Waals surface area (Å²) in [6.45, 7) is 0. The van der Waals surface area contributed by atoms with Crippen LogP contribution in [0.2, 0.25) is 0 Å². The molecule has 0 radical (unpaired) electrons. The van der Waals surface area contributed by atoms with Crippen molar-refractivity contribution in [2.24, 2.45) is 0 Å². The SMILES string of the molecule is COc1ccc2c(c1C(=O)O)OB(O)C(Sc1nc(N)ns1)C2. The molecule has 3 rings (SSSR count). The lowest BCUT2D eigenvalue weighted by Gasteiger charge is -2.27. The van der Waals surface area contributed by atoms with Crippen molar-refractivity contribution in [3.63, 3.8) is 0 Å². The number of aromatic carboxylic acids is 1. The minimum atomic E-state index is -1.18. The number of carboxylic acid groups (broad SMARTS) is 1. The first-order valence-electron chi connectivity index (χ1n) is 6.53. The molecule has 0 bridgehead atoms. The maximum atomic E-state index is 11.5. The van der Waals surface area contributed by atoms with Gasteiger partial charge in [-0.25, -0.2) is 4.79 Å². The maximum absolute atomic E-state index is 11.5. The molecule has 2 heterocycles. The fourth-order valence-corrected chi connectivity index (χ4v) is 4.13. The van der Waals surface area contributed by atoms with Gasteiger partial charge in [-0.05, 0) is 29.6 Å². The zero-order chi connectivity index (χ0) is 16.6. The van der Waals surface area contributed by atoms with E-state index in [9.17, 15) is 14.9 Å². The first kappa shape index (κ1) is 15.9. The predicted octanol–water partition coefficient (Wildman–Crippen LogP) is 0.943. The van der Waals surface area contributed by atoms with Crippen LogP contribution < -0.4 is 15.1 Å². The number of ether oxygens (including phenoxy) is 1. The van der Waals surface area contributed by atoms with Crippen LogP contribution >= 0.6 is 23.3 Å². The van der Waals surface area contributed by atoms with Crippen molar-refractivity contribution in [2.75, 3.05) is 12.8 Å². The molecule has 4 N–H and O–H groups in total. The van der Waals surface area contributed by atoms with E-state index in [1.807, 2.05) is 0 Å². The van der Waals surface area contributed by atoms with E-state index in [1.54, 1.807) is 12.1 Å². The van der Waals surface area contributed by atoms with Gasteiger partial charge in [-0.2, -0.15) is 9.36 Å². The summed E-state index contributed by atoms with van der Waals surface area (Å²) in [6, 6.07) is 3.31. The Morgan fingerprint density at radius 1 is 1.61 bits per heavy atom. The van der Waals surface area contributed by atoms with Crippen molar-refractivity contribution in [3.8, 4) is 11.5 Å². The highest BCUT2D eigenvalue weighted by Crippen LogP contribution is 2.40. The van der Waals surface area contributed by atoms with Gasteiger partial charge in [0.25, 0.3) is 0 Å². The van der Waals surface area contributed by atoms with E-state index in [0.29, 0.717) is 16.3 Å². The predicted molar refractivity (Wildman–Crippen MR) is 86.2 cm³/mol. The summed E-state index contributed by atoms with van der Waals surface area (Å²) in [7, 11) is 0.203. The third-order valence-electron chi connectivity index (χ3n) is 3.29. The number of thioether (sulfide) groups is 1. The lowest BCUT2D eigenvalue weighted by Crippen LogP contribution is -2.40. The molecule has 1 aromatic carbocycles. The molecule has 0 saturated carbocycles. The van der Waals surface area contributed by atoms with Crippen LogP contribution in [0.4, 0.5) is 5.95 Å². The Balaban J connectivity index is 1.91. The number of methoxy groups -OCH3 is 1. The highest BCUT2D eigenvalue weighted by molar-refractivity contribution is 8.02. The Hall–Kier alpha value is -1.98. The summed E-state index contributed by atoms with van der Waals surface area (Å²) in [6.07, 6.45) is 0.422. The average molecular weight is 353 g/mol. The fraction of sp³-hybridized carbons (Fsp3) is 0.250. The van der Waals surface area contributed by atoms with Crippen molar-refractivity contribution >= 4 is 42.3 Å². The number of hydrogen-bond acceptors (Lipinski definition) is 9. The van der Waals surface area contributed by atoms with Crippen molar-refractivity contribution in [1.29, 1.82) is 0 Å². The summed E-state index contributed by atoms with van der Waals surface area (Å²) in [5.41, 5.74) is 6.08. The maximum Gasteiger partial charge on any atom is 0.537 e. The fourth-order valence-electron chi connectivity index (χ4n) is 2.29. The van der Waals surface area contributed by atoms with Gasteiger partial charge < -0.3 is 25.3 Å². The number of aromatic nitrogens is 2. The number of nitrogen functional groups attached to an aromatic ring is 1. The van der Waals surface area contributed by atoms with Gasteiger partial charge in [-0.1, -0.05) is 17.8 Å². The topological polar surface area (TPSA) is 128 Å². The van der Waals surface area contributed by atoms with E-state index in [1.165, 1.54) is 18.9 Å². The molecule has 1 aliphatic rings. The number of benzene rings is 1. The van der Waals surface area contributed by atoms with Gasteiger partial charge in [0.2, 0.25) is 5.95 Å². The highest BCUT2D eigenvalue weighted by atomic mass is 32.2. The number of hydrogen-bond donors (Lipinski definition) is 3. The van der Waals surface area contributed by atoms with Gasteiger partial charge in [0.15, 0.2) is 4.34 Å². The molecule has 8 nitrogen and oxygen atoms in total. The number of carbonyl (C=O) groups is 1. The van der Waals surface area contributed by atoms with Crippen molar-refractivity contribution in [3.05, 3.63) is 23.3 Å². The minimum absolute atomic E-state index is 0.0901. The quantitative estimate of drug-likeness (QED) is 0.688. The van der Waals surface area contributed by atoms with E-state index < -0.39 is 13.1 Å². The normalized spacial score (nSPS) is 16.6. The van der Waals surface area contributed by atoms with Crippen molar-refractivity contribution < 1.29 is 24.3 Å². The Labute approximate surface area is 139 Å². The number of fused-ring (bicyclic) bond motifs is 1. The van der Waals surface area contributed by atoms with Crippen LogP contribution in [0.3, 0.4) is 0 Å². The molecule has 2 aromatic rings. The van der Waals surface area contributed by atoms with Crippen LogP contribution in [-0.4, -0.2) is 44.8 Å². The molecule has 120 valence electrons. The largest absolute Gasteiger partial charge is 0.537 e. The standard InChI is InChI=1S/C12H12BN3O5S2/c1-20-6-3-2-5-4-7(22-12-15-11(14)16-23-12)13(19)21-9(5)8(6)10(17)18/h2-3,7,19H,4H2,1H3,(H2,14,16)(H,17,18). The van der Waals surface area contributed by atoms with E-state index in [-0.39, 0.29) is 28.2 Å². The van der Waals surface area contributed by atoms with Crippen LogP contribution in [0.15, 0.2) is 16.5 Å². The van der Waals surface area contributed by atoms with E-state index in [2.05, 4.69) is 9.36 Å². The van der Waals surface area contributed by atoms with Gasteiger partial charge in [0.1, 0.15) is 17.1 Å². The molecular formula is C12H12BN3O5S2. The second-order valence-corrected chi connectivity index (χ2v) is 6.96. The van der Waals surface area contributed by atoms with Gasteiger partial charge in [0.05, 0.1) is 12.3 Å². The number of rotatable bonds is 4. The number of anilines is 1. The molecular weight excluding hydrogens is 341 g/mol. The zero-order valence-corrected chi connectivity index (χ0v) is 13.6. The average Bonchev–Trinajstić information content (AvgIpc) is 2.92. The summed E-state index contributed by atoms with van der Waals surface area (Å²) >= 11 is 2.43. The molecule has 0 fully saturated rings. The summed E-state index contributed by atoms with van der Waals surface area (Å²) < 4.78 is 15.0. The summed E-state index contributed by atoms with van der Waals surface area (Å²) in [5, 5.41) is 19.2. The molecule has 0 aliphatic carbocycles. The second kappa shape index (κ2) is 6.26. The lowest BCUT2D eigenvalue weighted by molar-refractivity contribution is 0.0690. The Kier molecular flexibility index (Phi) is 4.33. The van der Waals surface area contributed by atoms with Crippen molar-refractivity contribution in [2.45, 2.75) is 15.9 Å². The first-order valence-corrected chi connectivity index (χ1v) is 8.18. The molecule has 1 unspecified atom stereocenters. The van der Waals surface area contributed by atoms with Crippen molar-refractivity contribution in [1.82, 2.24) is 9.36 Å². The van der Waals surface area contributed by atoms with Crippen LogP contribution in [-0.2, 0) is 6.42 Å². The molecule has 0 saturated heterocycles. The Morgan fingerprint density at radius 2 is 2.39 bits per heavy atom. The molecule has 1 aromatic heterocycles. The number of nitrogens with two attached hydrogens (primary N) is 1. The third kappa shape index (κ3) is 3.07. The Morgan fingerprint density at radius 3 is 3.00 bits per heavy atom. The molecule has 23 heavy (non-hydrogen) atoms. The monoisotopic (exact) mass is 353 g/mol. The van der Waals surface area contributed by atoms with E-state index in [4.69, 9.17) is 15.1 Å².